The van der Waals surface area contributed by atoms with Gasteiger partial charge in [-0.2, -0.15) is 13.2 Å². The molecule has 0 radical (unpaired) electrons. The summed E-state index contributed by atoms with van der Waals surface area (Å²) in [5.41, 5.74) is -1.20. The lowest BCUT2D eigenvalue weighted by Gasteiger charge is -2.15. The molecule has 0 unspecified atom stereocenters. The average molecular weight is 428 g/mol. The van der Waals surface area contributed by atoms with Gasteiger partial charge in [0.25, 0.3) is 5.91 Å². The van der Waals surface area contributed by atoms with E-state index in [4.69, 9.17) is 0 Å². The van der Waals surface area contributed by atoms with Gasteiger partial charge >= 0.3 is 6.18 Å². The summed E-state index contributed by atoms with van der Waals surface area (Å²) in [5.74, 6) is -1.28. The van der Waals surface area contributed by atoms with Gasteiger partial charge in [0, 0.05) is 12.5 Å². The van der Waals surface area contributed by atoms with E-state index in [1.807, 2.05) is 0 Å². The van der Waals surface area contributed by atoms with Crippen LogP contribution in [0.5, 0.6) is 0 Å². The van der Waals surface area contributed by atoms with Crippen LogP contribution in [0.15, 0.2) is 47.4 Å². The third kappa shape index (κ3) is 5.35. The number of benzene rings is 2. The minimum Gasteiger partial charge on any atom is -0.325 e. The van der Waals surface area contributed by atoms with E-state index in [2.05, 4.69) is 10.6 Å². The molecule has 0 bridgehead atoms. The van der Waals surface area contributed by atoms with Crippen molar-refractivity contribution in [1.82, 2.24) is 0 Å². The van der Waals surface area contributed by atoms with Gasteiger partial charge in [-0.05, 0) is 56.3 Å². The fourth-order valence-corrected chi connectivity index (χ4v) is 3.45. The molecule has 0 aliphatic heterocycles. The normalized spacial score (nSPS) is 12.0. The molecule has 2 aromatic rings. The summed E-state index contributed by atoms with van der Waals surface area (Å²) in [6.45, 7) is 4.22. The van der Waals surface area contributed by atoms with Crippen molar-refractivity contribution in [3.8, 4) is 0 Å². The van der Waals surface area contributed by atoms with Crippen LogP contribution in [0.25, 0.3) is 0 Å². The highest BCUT2D eigenvalue weighted by Gasteiger charge is 2.31. The van der Waals surface area contributed by atoms with Crippen molar-refractivity contribution in [3.63, 3.8) is 0 Å². The van der Waals surface area contributed by atoms with E-state index in [9.17, 15) is 31.2 Å². The molecule has 2 aromatic carbocycles. The number of halogens is 3. The first-order valence-corrected chi connectivity index (χ1v) is 10.0. The van der Waals surface area contributed by atoms with Gasteiger partial charge < -0.3 is 10.6 Å². The molecule has 0 aromatic heterocycles. The minimum atomic E-state index is -4.64. The second-order valence-electron chi connectivity index (χ2n) is 6.51. The fourth-order valence-electron chi connectivity index (χ4n) is 2.39. The summed E-state index contributed by atoms with van der Waals surface area (Å²) in [7, 11) is -3.52. The fraction of sp³-hybridized carbons (Fsp3) is 0.263. The van der Waals surface area contributed by atoms with Gasteiger partial charge in [-0.15, -0.1) is 0 Å². The number of carbonyl (C=O) groups excluding carboxylic acids is 2. The standard InChI is InChI=1S/C19H19F3N2O4S/c1-11(2)29(27,28)15-7-4-13(5-8-15)18(26)24-17-10-14(19(20,21)22)6-9-16(17)23-12(3)25/h4-11H,1-3H3,(H,23,25)(H,24,26). The molecule has 29 heavy (non-hydrogen) atoms. The Labute approximate surface area is 166 Å². The van der Waals surface area contributed by atoms with Crippen LogP contribution < -0.4 is 10.6 Å². The summed E-state index contributed by atoms with van der Waals surface area (Å²) in [5, 5.41) is 4.03. The number of rotatable bonds is 5. The molecule has 0 saturated carbocycles. The summed E-state index contributed by atoms with van der Waals surface area (Å²) in [4.78, 5) is 23.8. The third-order valence-corrected chi connectivity index (χ3v) is 6.14. The Morgan fingerprint density at radius 3 is 2.00 bits per heavy atom. The van der Waals surface area contributed by atoms with Gasteiger partial charge in [0.2, 0.25) is 5.91 Å². The van der Waals surface area contributed by atoms with Crippen LogP contribution >= 0.6 is 0 Å². The van der Waals surface area contributed by atoms with Crippen molar-refractivity contribution in [2.45, 2.75) is 37.1 Å². The van der Waals surface area contributed by atoms with E-state index in [-0.39, 0.29) is 21.8 Å². The first kappa shape index (κ1) is 22.4. The predicted octanol–water partition coefficient (Wildman–Crippen LogP) is 4.10. The topological polar surface area (TPSA) is 92.3 Å². The monoisotopic (exact) mass is 428 g/mol. The highest BCUT2D eigenvalue weighted by atomic mass is 32.2. The number of anilines is 2. The van der Waals surface area contributed by atoms with E-state index < -0.39 is 38.6 Å². The zero-order valence-electron chi connectivity index (χ0n) is 15.8. The lowest BCUT2D eigenvalue weighted by Crippen LogP contribution is -2.17. The van der Waals surface area contributed by atoms with E-state index in [0.717, 1.165) is 12.1 Å². The van der Waals surface area contributed by atoms with Gasteiger partial charge in [-0.25, -0.2) is 8.42 Å². The van der Waals surface area contributed by atoms with E-state index in [1.54, 1.807) is 0 Å². The van der Waals surface area contributed by atoms with Gasteiger partial charge in [0.1, 0.15) is 0 Å². The number of nitrogens with one attached hydrogen (secondary N) is 2. The van der Waals surface area contributed by atoms with E-state index in [0.29, 0.717) is 6.07 Å². The van der Waals surface area contributed by atoms with Gasteiger partial charge in [-0.1, -0.05) is 0 Å². The molecule has 0 aliphatic carbocycles. The summed E-state index contributed by atoms with van der Waals surface area (Å²) in [6, 6.07) is 7.56. The maximum absolute atomic E-state index is 13.0. The molecule has 0 saturated heterocycles. The molecule has 0 heterocycles. The molecule has 2 rings (SSSR count). The second-order valence-corrected chi connectivity index (χ2v) is 9.02. The van der Waals surface area contributed by atoms with Crippen LogP contribution in [0.4, 0.5) is 24.5 Å². The molecule has 0 spiro atoms. The molecule has 0 aliphatic rings. The maximum atomic E-state index is 13.0. The van der Waals surface area contributed by atoms with Crippen LogP contribution in [0.3, 0.4) is 0 Å². The van der Waals surface area contributed by atoms with Crippen molar-refractivity contribution in [2.24, 2.45) is 0 Å². The zero-order valence-corrected chi connectivity index (χ0v) is 16.6. The molecular weight excluding hydrogens is 409 g/mol. The van der Waals surface area contributed by atoms with Gasteiger partial charge in [0.15, 0.2) is 9.84 Å². The Kier molecular flexibility index (Phi) is 6.37. The molecule has 2 amide bonds. The molecule has 156 valence electrons. The molecule has 6 nitrogen and oxygen atoms in total. The molecular formula is C19H19F3N2O4S. The van der Waals surface area contributed by atoms with Crippen molar-refractivity contribution in [2.75, 3.05) is 10.6 Å². The lowest BCUT2D eigenvalue weighted by atomic mass is 10.1. The smallest absolute Gasteiger partial charge is 0.325 e. The first-order valence-electron chi connectivity index (χ1n) is 8.46. The Hall–Kier alpha value is -2.88. The lowest BCUT2D eigenvalue weighted by molar-refractivity contribution is -0.137. The predicted molar refractivity (Wildman–Crippen MR) is 102 cm³/mol. The van der Waals surface area contributed by atoms with Crippen molar-refractivity contribution < 1.29 is 31.2 Å². The largest absolute Gasteiger partial charge is 0.416 e. The van der Waals surface area contributed by atoms with Crippen LogP contribution in [0.1, 0.15) is 36.7 Å². The number of hydrogen-bond donors (Lipinski definition) is 2. The number of hydrogen-bond acceptors (Lipinski definition) is 4. The number of carbonyl (C=O) groups is 2. The number of alkyl halides is 3. The number of sulfone groups is 1. The quantitative estimate of drug-likeness (QED) is 0.750. The Balaban J connectivity index is 2.35. The second kappa shape index (κ2) is 8.24. The SMILES string of the molecule is CC(=O)Nc1ccc(C(F)(F)F)cc1NC(=O)c1ccc(S(=O)(=O)C(C)C)cc1. The van der Waals surface area contributed by atoms with Gasteiger partial charge in [0.05, 0.1) is 27.1 Å². The molecule has 0 atom stereocenters. The molecule has 2 N–H and O–H groups in total. The average Bonchev–Trinajstić information content (AvgIpc) is 2.61. The van der Waals surface area contributed by atoms with E-state index >= 15 is 0 Å². The Morgan fingerprint density at radius 1 is 0.931 bits per heavy atom. The van der Waals surface area contributed by atoms with Crippen LogP contribution in [0, 0.1) is 0 Å². The molecule has 10 heteroatoms. The zero-order chi connectivity index (χ0) is 22.0. The van der Waals surface area contributed by atoms with Gasteiger partial charge in [-0.3, -0.25) is 9.59 Å². The highest BCUT2D eigenvalue weighted by molar-refractivity contribution is 7.92. The van der Waals surface area contributed by atoms with Crippen molar-refractivity contribution in [1.29, 1.82) is 0 Å². The summed E-state index contributed by atoms with van der Waals surface area (Å²) in [6.07, 6.45) is -4.64. The first-order chi connectivity index (χ1) is 13.3. The van der Waals surface area contributed by atoms with Crippen LogP contribution in [-0.4, -0.2) is 25.5 Å². The van der Waals surface area contributed by atoms with Crippen molar-refractivity contribution >= 4 is 33.0 Å². The summed E-state index contributed by atoms with van der Waals surface area (Å²) < 4.78 is 63.2. The minimum absolute atomic E-state index is 0.00199. The third-order valence-electron chi connectivity index (χ3n) is 3.97. The van der Waals surface area contributed by atoms with Crippen LogP contribution in [0.2, 0.25) is 0 Å². The van der Waals surface area contributed by atoms with Crippen molar-refractivity contribution in [3.05, 3.63) is 53.6 Å². The highest BCUT2D eigenvalue weighted by Crippen LogP contribution is 2.34. The number of amides is 2. The Bertz CT molecular complexity index is 1030. The van der Waals surface area contributed by atoms with E-state index in [1.165, 1.54) is 45.0 Å². The van der Waals surface area contributed by atoms with Crippen LogP contribution in [-0.2, 0) is 20.8 Å². The summed E-state index contributed by atoms with van der Waals surface area (Å²) >= 11 is 0. The maximum Gasteiger partial charge on any atom is 0.416 e. The molecule has 0 fully saturated rings. The Morgan fingerprint density at radius 2 is 1.52 bits per heavy atom.